The van der Waals surface area contributed by atoms with E-state index in [-0.39, 0.29) is 0 Å². The highest BCUT2D eigenvalue weighted by atomic mass is 14.3. The Hall–Kier alpha value is -0.780. The van der Waals surface area contributed by atoms with Gasteiger partial charge in [-0.3, -0.25) is 0 Å². The maximum Gasteiger partial charge on any atom is -0.0250 e. The van der Waals surface area contributed by atoms with Gasteiger partial charge in [-0.1, -0.05) is 62.3 Å². The topological polar surface area (TPSA) is 0 Å². The highest BCUT2D eigenvalue weighted by Gasteiger charge is 2.22. The first-order chi connectivity index (χ1) is 11.3. The number of rotatable bonds is 9. The second-order valence-corrected chi connectivity index (χ2v) is 8.73. The molecule has 24 heavy (non-hydrogen) atoms. The standard InChI is InChI=1S/C24H42/c1-10-19-22(13-16(4)5)20(11-2)24(15-18(8)9)21(12-3)23(19)14-17(6)7/h16-18H,10-15H2,1-9H3. The van der Waals surface area contributed by atoms with E-state index in [1.807, 2.05) is 0 Å². The van der Waals surface area contributed by atoms with Crippen LogP contribution in [0.5, 0.6) is 0 Å². The maximum absolute atomic E-state index is 2.37. The number of hydrogen-bond acceptors (Lipinski definition) is 0. The van der Waals surface area contributed by atoms with Crippen molar-refractivity contribution in [2.45, 2.75) is 101 Å². The van der Waals surface area contributed by atoms with E-state index in [1.54, 1.807) is 33.4 Å². The predicted octanol–water partition coefficient (Wildman–Crippen LogP) is 6.97. The lowest BCUT2D eigenvalue weighted by Gasteiger charge is -2.28. The number of hydrogen-bond donors (Lipinski definition) is 0. The monoisotopic (exact) mass is 330 g/mol. The first-order valence-electron chi connectivity index (χ1n) is 10.4. The van der Waals surface area contributed by atoms with Crippen molar-refractivity contribution in [3.8, 4) is 0 Å². The molecule has 0 heteroatoms. The van der Waals surface area contributed by atoms with E-state index in [2.05, 4.69) is 62.3 Å². The summed E-state index contributed by atoms with van der Waals surface area (Å²) >= 11 is 0. The summed E-state index contributed by atoms with van der Waals surface area (Å²) < 4.78 is 0. The van der Waals surface area contributed by atoms with Crippen LogP contribution in [0.2, 0.25) is 0 Å². The Kier molecular flexibility index (Phi) is 8.54. The third kappa shape index (κ3) is 5.11. The Morgan fingerprint density at radius 2 is 0.625 bits per heavy atom. The second kappa shape index (κ2) is 9.64. The van der Waals surface area contributed by atoms with E-state index < -0.39 is 0 Å². The van der Waals surface area contributed by atoms with Crippen LogP contribution in [-0.2, 0) is 38.5 Å². The minimum Gasteiger partial charge on any atom is -0.0625 e. The Labute approximate surface area is 152 Å². The van der Waals surface area contributed by atoms with Gasteiger partial charge in [-0.05, 0) is 89.7 Å². The molecule has 0 saturated carbocycles. The molecule has 0 spiro atoms. The van der Waals surface area contributed by atoms with E-state index in [4.69, 9.17) is 0 Å². The molecule has 0 radical (unpaired) electrons. The lowest BCUT2D eigenvalue weighted by atomic mass is 9.77. The third-order valence-electron chi connectivity index (χ3n) is 5.08. The number of benzene rings is 1. The average molecular weight is 331 g/mol. The van der Waals surface area contributed by atoms with Crippen LogP contribution in [-0.4, -0.2) is 0 Å². The highest BCUT2D eigenvalue weighted by Crippen LogP contribution is 2.34. The summed E-state index contributed by atoms with van der Waals surface area (Å²) in [6.07, 6.45) is 7.29. The second-order valence-electron chi connectivity index (χ2n) is 8.73. The van der Waals surface area contributed by atoms with Crippen molar-refractivity contribution in [1.29, 1.82) is 0 Å². The van der Waals surface area contributed by atoms with Gasteiger partial charge < -0.3 is 0 Å². The van der Waals surface area contributed by atoms with Gasteiger partial charge in [0, 0.05) is 0 Å². The van der Waals surface area contributed by atoms with Gasteiger partial charge in [0.05, 0.1) is 0 Å². The van der Waals surface area contributed by atoms with Crippen LogP contribution in [0.15, 0.2) is 0 Å². The maximum atomic E-state index is 2.37. The minimum absolute atomic E-state index is 0.729. The molecule has 0 aliphatic carbocycles. The van der Waals surface area contributed by atoms with Crippen molar-refractivity contribution in [3.63, 3.8) is 0 Å². The van der Waals surface area contributed by atoms with Crippen LogP contribution >= 0.6 is 0 Å². The fraction of sp³-hybridized carbons (Fsp3) is 0.750. The molecule has 0 aliphatic rings. The van der Waals surface area contributed by atoms with Crippen molar-refractivity contribution in [2.75, 3.05) is 0 Å². The van der Waals surface area contributed by atoms with Gasteiger partial charge in [-0.25, -0.2) is 0 Å². The Balaban J connectivity index is 3.77. The van der Waals surface area contributed by atoms with E-state index >= 15 is 0 Å². The summed E-state index contributed by atoms with van der Waals surface area (Å²) in [5.41, 5.74) is 10.2. The lowest BCUT2D eigenvalue weighted by molar-refractivity contribution is 0.605. The molecule has 0 fully saturated rings. The summed E-state index contributed by atoms with van der Waals surface area (Å²) in [5.74, 6) is 2.19. The zero-order valence-electron chi connectivity index (χ0n) is 18.0. The fourth-order valence-corrected chi connectivity index (χ4v) is 4.34. The highest BCUT2D eigenvalue weighted by molar-refractivity contribution is 5.53. The zero-order valence-corrected chi connectivity index (χ0v) is 18.0. The van der Waals surface area contributed by atoms with E-state index in [9.17, 15) is 0 Å². The molecule has 0 amide bonds. The molecular formula is C24H42. The zero-order chi connectivity index (χ0) is 18.4. The molecule has 138 valence electrons. The van der Waals surface area contributed by atoms with Gasteiger partial charge >= 0.3 is 0 Å². The first-order valence-corrected chi connectivity index (χ1v) is 10.4. The molecule has 1 rings (SSSR count). The molecule has 1 aromatic rings. The molecular weight excluding hydrogens is 288 g/mol. The summed E-state index contributed by atoms with van der Waals surface area (Å²) in [7, 11) is 0. The lowest BCUT2D eigenvalue weighted by Crippen LogP contribution is -2.17. The van der Waals surface area contributed by atoms with Crippen LogP contribution in [0.3, 0.4) is 0 Å². The summed E-state index contributed by atoms with van der Waals surface area (Å²) in [6, 6.07) is 0. The van der Waals surface area contributed by atoms with Crippen molar-refractivity contribution in [1.82, 2.24) is 0 Å². The average Bonchev–Trinajstić information content (AvgIpc) is 2.46. The van der Waals surface area contributed by atoms with Crippen molar-refractivity contribution in [3.05, 3.63) is 33.4 Å². The van der Waals surface area contributed by atoms with Crippen molar-refractivity contribution < 1.29 is 0 Å². The fourth-order valence-electron chi connectivity index (χ4n) is 4.34. The molecule has 0 aliphatic heterocycles. The molecule has 0 nitrogen and oxygen atoms in total. The minimum atomic E-state index is 0.729. The SMILES string of the molecule is CCc1c(CC(C)C)c(CC)c(CC(C)C)c(CC)c1CC(C)C. The molecule has 0 unspecified atom stereocenters. The van der Waals surface area contributed by atoms with Crippen LogP contribution in [0.25, 0.3) is 0 Å². The van der Waals surface area contributed by atoms with E-state index in [0.717, 1.165) is 17.8 Å². The Bertz CT molecular complexity index is 420. The van der Waals surface area contributed by atoms with Crippen molar-refractivity contribution in [2.24, 2.45) is 17.8 Å². The normalized spacial score (nSPS) is 12.0. The molecule has 0 saturated heterocycles. The van der Waals surface area contributed by atoms with Crippen LogP contribution in [0.1, 0.15) is 95.7 Å². The molecule has 0 bridgehead atoms. The van der Waals surface area contributed by atoms with Crippen LogP contribution in [0, 0.1) is 17.8 Å². The molecule has 0 atom stereocenters. The van der Waals surface area contributed by atoms with Crippen LogP contribution in [0.4, 0.5) is 0 Å². The Morgan fingerprint density at radius 3 is 0.750 bits per heavy atom. The molecule has 0 heterocycles. The van der Waals surface area contributed by atoms with Gasteiger partial charge in [-0.15, -0.1) is 0 Å². The predicted molar refractivity (Wildman–Crippen MR) is 110 cm³/mol. The van der Waals surface area contributed by atoms with E-state index in [0.29, 0.717) is 0 Å². The molecule has 1 aromatic carbocycles. The smallest absolute Gasteiger partial charge is 0.0250 e. The Morgan fingerprint density at radius 1 is 0.417 bits per heavy atom. The van der Waals surface area contributed by atoms with Gasteiger partial charge in [-0.2, -0.15) is 0 Å². The third-order valence-corrected chi connectivity index (χ3v) is 5.08. The molecule has 0 aromatic heterocycles. The van der Waals surface area contributed by atoms with E-state index in [1.165, 1.54) is 38.5 Å². The van der Waals surface area contributed by atoms with Crippen LogP contribution < -0.4 is 0 Å². The quantitative estimate of drug-likeness (QED) is 0.458. The first kappa shape index (κ1) is 21.3. The van der Waals surface area contributed by atoms with Gasteiger partial charge in [0.1, 0.15) is 0 Å². The summed E-state index contributed by atoms with van der Waals surface area (Å²) in [6.45, 7) is 21.3. The van der Waals surface area contributed by atoms with Gasteiger partial charge in [0.15, 0.2) is 0 Å². The van der Waals surface area contributed by atoms with Gasteiger partial charge in [0.25, 0.3) is 0 Å². The summed E-state index contributed by atoms with van der Waals surface area (Å²) in [4.78, 5) is 0. The largest absolute Gasteiger partial charge is 0.0625 e. The summed E-state index contributed by atoms with van der Waals surface area (Å²) in [5, 5.41) is 0. The van der Waals surface area contributed by atoms with Gasteiger partial charge in [0.2, 0.25) is 0 Å². The van der Waals surface area contributed by atoms with Crippen molar-refractivity contribution >= 4 is 0 Å². The molecule has 0 N–H and O–H groups in total.